The summed E-state index contributed by atoms with van der Waals surface area (Å²) in [5.41, 5.74) is 0.259. The van der Waals surface area contributed by atoms with E-state index in [0.717, 1.165) is 24.3 Å². The van der Waals surface area contributed by atoms with Gasteiger partial charge in [-0.05, 0) is 57.0 Å². The van der Waals surface area contributed by atoms with Crippen molar-refractivity contribution in [2.45, 2.75) is 38.8 Å². The molecule has 4 rings (SSSR count). The Morgan fingerprint density at radius 2 is 1.76 bits per heavy atom. The molecule has 1 fully saturated rings. The molecule has 200 valence electrons. The standard InChI is InChI=1S/C26H24F5N5O2/c1-15(35-38-19-6-3-5-18(13-19)26(29,30)31)20-14-32-16(2)33-23(20)17-9-11-36(12-10-17)25(37)34-24-21(27)7-4-8-22(24)28/h3-8,13-14,17H,9-12H2,1-2H3,(H,34,37)/b35-15-. The normalized spacial score (nSPS) is 14.9. The molecule has 0 unspecified atom stereocenters. The Kier molecular flexibility index (Phi) is 7.88. The second kappa shape index (κ2) is 11.1. The Bertz CT molecular complexity index is 1330. The lowest BCUT2D eigenvalue weighted by molar-refractivity contribution is -0.137. The molecular weight excluding hydrogens is 509 g/mol. The van der Waals surface area contributed by atoms with Crippen LogP contribution in [-0.4, -0.2) is 39.7 Å². The van der Waals surface area contributed by atoms with Crippen molar-refractivity contribution in [1.29, 1.82) is 0 Å². The number of piperidine rings is 1. The third kappa shape index (κ3) is 6.24. The number of anilines is 1. The number of nitrogens with zero attached hydrogens (tertiary/aromatic N) is 4. The Labute approximate surface area is 215 Å². The number of aryl methyl sites for hydroxylation is 1. The molecule has 0 atom stereocenters. The maximum Gasteiger partial charge on any atom is 0.416 e. The van der Waals surface area contributed by atoms with Gasteiger partial charge in [0.1, 0.15) is 23.1 Å². The van der Waals surface area contributed by atoms with Crippen molar-refractivity contribution in [2.75, 3.05) is 18.4 Å². The lowest BCUT2D eigenvalue weighted by Crippen LogP contribution is -2.41. The first-order valence-electron chi connectivity index (χ1n) is 11.8. The van der Waals surface area contributed by atoms with Gasteiger partial charge in [0, 0.05) is 30.8 Å². The fourth-order valence-electron chi connectivity index (χ4n) is 4.14. The molecule has 7 nitrogen and oxygen atoms in total. The predicted molar refractivity (Wildman–Crippen MR) is 130 cm³/mol. The molecule has 0 saturated carbocycles. The number of likely N-dealkylation sites (tertiary alicyclic amines) is 1. The molecule has 12 heteroatoms. The number of hydrogen-bond acceptors (Lipinski definition) is 5. The zero-order chi connectivity index (χ0) is 27.4. The van der Waals surface area contributed by atoms with Gasteiger partial charge in [0.25, 0.3) is 0 Å². The van der Waals surface area contributed by atoms with E-state index in [1.807, 2.05) is 0 Å². The number of carbonyl (C=O) groups excluding carboxylic acids is 1. The number of carbonyl (C=O) groups is 1. The van der Waals surface area contributed by atoms with E-state index in [1.54, 1.807) is 20.0 Å². The lowest BCUT2D eigenvalue weighted by Gasteiger charge is -2.32. The van der Waals surface area contributed by atoms with Gasteiger partial charge in [-0.15, -0.1) is 0 Å². The minimum Gasteiger partial charge on any atom is -0.357 e. The molecule has 1 saturated heterocycles. The van der Waals surface area contributed by atoms with Crippen molar-refractivity contribution in [2.24, 2.45) is 5.16 Å². The van der Waals surface area contributed by atoms with Crippen molar-refractivity contribution in [3.05, 3.63) is 82.9 Å². The van der Waals surface area contributed by atoms with Gasteiger partial charge in [0.15, 0.2) is 5.75 Å². The molecule has 1 aliphatic heterocycles. The monoisotopic (exact) mass is 533 g/mol. The van der Waals surface area contributed by atoms with Crippen LogP contribution in [0.25, 0.3) is 0 Å². The highest BCUT2D eigenvalue weighted by molar-refractivity contribution is 5.99. The van der Waals surface area contributed by atoms with E-state index in [0.29, 0.717) is 48.7 Å². The van der Waals surface area contributed by atoms with E-state index in [2.05, 4.69) is 20.4 Å². The molecule has 0 bridgehead atoms. The third-order valence-corrected chi connectivity index (χ3v) is 6.14. The van der Waals surface area contributed by atoms with Gasteiger partial charge in [0.05, 0.1) is 17.0 Å². The number of nitrogens with one attached hydrogen (secondary N) is 1. The lowest BCUT2D eigenvalue weighted by atomic mass is 9.90. The highest BCUT2D eigenvalue weighted by atomic mass is 19.4. The quantitative estimate of drug-likeness (QED) is 0.237. The number of oxime groups is 1. The van der Waals surface area contributed by atoms with Gasteiger partial charge in [-0.25, -0.2) is 23.5 Å². The predicted octanol–water partition coefficient (Wildman–Crippen LogP) is 6.30. The molecule has 0 spiro atoms. The van der Waals surface area contributed by atoms with Crippen LogP contribution in [0.2, 0.25) is 0 Å². The van der Waals surface area contributed by atoms with Gasteiger partial charge >= 0.3 is 12.2 Å². The number of hydrogen-bond donors (Lipinski definition) is 1. The molecule has 1 aromatic heterocycles. The van der Waals surface area contributed by atoms with E-state index in [-0.39, 0.29) is 11.7 Å². The Morgan fingerprint density at radius 3 is 2.42 bits per heavy atom. The van der Waals surface area contributed by atoms with Gasteiger partial charge in [-0.3, -0.25) is 0 Å². The highest BCUT2D eigenvalue weighted by Gasteiger charge is 2.31. The third-order valence-electron chi connectivity index (χ3n) is 6.14. The number of urea groups is 1. The average Bonchev–Trinajstić information content (AvgIpc) is 2.89. The zero-order valence-corrected chi connectivity index (χ0v) is 20.5. The molecule has 0 aliphatic carbocycles. The van der Waals surface area contributed by atoms with Crippen LogP contribution in [0.4, 0.5) is 32.4 Å². The number of amides is 2. The second-order valence-corrected chi connectivity index (χ2v) is 8.80. The first kappa shape index (κ1) is 27.0. The topological polar surface area (TPSA) is 79.7 Å². The van der Waals surface area contributed by atoms with Crippen molar-refractivity contribution in [3.8, 4) is 5.75 Å². The van der Waals surface area contributed by atoms with Crippen molar-refractivity contribution in [1.82, 2.24) is 14.9 Å². The summed E-state index contributed by atoms with van der Waals surface area (Å²) < 4.78 is 66.7. The van der Waals surface area contributed by atoms with Crippen LogP contribution in [0, 0.1) is 18.6 Å². The Hall–Kier alpha value is -4.09. The summed E-state index contributed by atoms with van der Waals surface area (Å²) in [5.74, 6) is -1.36. The number of alkyl halides is 3. The van der Waals surface area contributed by atoms with Crippen LogP contribution in [-0.2, 0) is 6.18 Å². The van der Waals surface area contributed by atoms with E-state index in [4.69, 9.17) is 4.84 Å². The number of rotatable bonds is 5. The summed E-state index contributed by atoms with van der Waals surface area (Å²) >= 11 is 0. The zero-order valence-electron chi connectivity index (χ0n) is 20.5. The summed E-state index contributed by atoms with van der Waals surface area (Å²) in [5, 5.41) is 6.30. The second-order valence-electron chi connectivity index (χ2n) is 8.80. The van der Waals surface area contributed by atoms with Crippen molar-refractivity contribution < 1.29 is 31.6 Å². The summed E-state index contributed by atoms with van der Waals surface area (Å²) in [6.45, 7) is 3.99. The smallest absolute Gasteiger partial charge is 0.357 e. The molecule has 3 aromatic rings. The van der Waals surface area contributed by atoms with Gasteiger partial charge in [-0.1, -0.05) is 17.3 Å². The molecule has 2 aromatic carbocycles. The van der Waals surface area contributed by atoms with Crippen LogP contribution < -0.4 is 10.2 Å². The number of halogens is 5. The molecule has 2 heterocycles. The average molecular weight is 534 g/mol. The van der Waals surface area contributed by atoms with Crippen LogP contribution in [0.15, 0.2) is 53.8 Å². The Morgan fingerprint density at radius 1 is 1.11 bits per heavy atom. The molecule has 1 aliphatic rings. The summed E-state index contributed by atoms with van der Waals surface area (Å²) in [7, 11) is 0. The largest absolute Gasteiger partial charge is 0.416 e. The number of benzene rings is 2. The van der Waals surface area contributed by atoms with E-state index < -0.39 is 35.1 Å². The maximum atomic E-state index is 13.9. The summed E-state index contributed by atoms with van der Waals surface area (Å²) in [6.07, 6.45) is -1.91. The van der Waals surface area contributed by atoms with Gasteiger partial charge in [0.2, 0.25) is 0 Å². The van der Waals surface area contributed by atoms with Crippen LogP contribution >= 0.6 is 0 Å². The first-order chi connectivity index (χ1) is 18.0. The van der Waals surface area contributed by atoms with E-state index in [9.17, 15) is 26.7 Å². The molecule has 1 N–H and O–H groups in total. The fourth-order valence-corrected chi connectivity index (χ4v) is 4.14. The molecular formula is C26H24F5N5O2. The van der Waals surface area contributed by atoms with E-state index >= 15 is 0 Å². The summed E-state index contributed by atoms with van der Waals surface area (Å²) in [4.78, 5) is 28.1. The van der Waals surface area contributed by atoms with Crippen LogP contribution in [0.1, 0.15) is 48.3 Å². The number of aromatic nitrogens is 2. The van der Waals surface area contributed by atoms with E-state index in [1.165, 1.54) is 23.1 Å². The summed E-state index contributed by atoms with van der Waals surface area (Å²) in [6, 6.07) is 7.11. The SMILES string of the molecule is C/C(=N/Oc1cccc(C(F)(F)F)c1)c1cnc(C)nc1C1CCN(C(=O)Nc2c(F)cccc2F)CC1. The maximum absolute atomic E-state index is 13.9. The minimum atomic E-state index is -4.51. The highest BCUT2D eigenvalue weighted by Crippen LogP contribution is 2.32. The Balaban J connectivity index is 1.46. The van der Waals surface area contributed by atoms with Crippen molar-refractivity contribution in [3.63, 3.8) is 0 Å². The fraction of sp³-hybridized carbons (Fsp3) is 0.308. The van der Waals surface area contributed by atoms with Gasteiger partial charge < -0.3 is 15.1 Å². The molecule has 38 heavy (non-hydrogen) atoms. The van der Waals surface area contributed by atoms with Gasteiger partial charge in [-0.2, -0.15) is 13.2 Å². The molecule has 2 amide bonds. The minimum absolute atomic E-state index is 0.0700. The number of para-hydroxylation sites is 1. The first-order valence-corrected chi connectivity index (χ1v) is 11.8. The molecule has 0 radical (unpaired) electrons. The van der Waals surface area contributed by atoms with Crippen molar-refractivity contribution >= 4 is 17.4 Å². The van der Waals surface area contributed by atoms with Crippen LogP contribution in [0.3, 0.4) is 0 Å². The van der Waals surface area contributed by atoms with Crippen LogP contribution in [0.5, 0.6) is 5.75 Å².